The summed E-state index contributed by atoms with van der Waals surface area (Å²) in [6, 6.07) is 6.58. The number of methoxy groups -OCH3 is 1. The first-order valence-corrected chi connectivity index (χ1v) is 5.23. The molecule has 0 bridgehead atoms. The topological polar surface area (TPSA) is 90.8 Å². The van der Waals surface area contributed by atoms with Crippen molar-refractivity contribution in [3.05, 3.63) is 36.7 Å². The third kappa shape index (κ3) is 3.09. The normalized spacial score (nSPS) is 9.74. The fourth-order valence-electron chi connectivity index (χ4n) is 1.33. The van der Waals surface area contributed by atoms with Gasteiger partial charge in [-0.2, -0.15) is 0 Å². The molecule has 0 saturated carbocycles. The second kappa shape index (κ2) is 5.67. The molecule has 0 spiro atoms. The van der Waals surface area contributed by atoms with Gasteiger partial charge in [-0.1, -0.05) is 6.07 Å². The lowest BCUT2D eigenvalue weighted by Gasteiger charge is -2.11. The quantitative estimate of drug-likeness (QED) is 0.845. The summed E-state index contributed by atoms with van der Waals surface area (Å²) < 4.78 is 15.1. The van der Waals surface area contributed by atoms with Gasteiger partial charge in [-0.3, -0.25) is 0 Å². The highest BCUT2D eigenvalue weighted by molar-refractivity contribution is 5.63. The molecule has 0 aliphatic rings. The van der Waals surface area contributed by atoms with E-state index in [-0.39, 0.29) is 23.3 Å². The molecule has 0 aromatic carbocycles. The molecule has 0 saturated heterocycles. The van der Waals surface area contributed by atoms with Crippen molar-refractivity contribution < 1.29 is 24.1 Å². The maximum absolute atomic E-state index is 10.6. The molecule has 2 heterocycles. The predicted molar refractivity (Wildman–Crippen MR) is 63.8 cm³/mol. The highest BCUT2D eigenvalue weighted by Gasteiger charge is 2.17. The van der Waals surface area contributed by atoms with Crippen molar-refractivity contribution in [2.24, 2.45) is 0 Å². The summed E-state index contributed by atoms with van der Waals surface area (Å²) in [5, 5.41) is 8.65. The SMILES string of the molecule is COc1ccnc(OC(=O)O)c1Oc1ccccn1. The largest absolute Gasteiger partial charge is 0.512 e. The van der Waals surface area contributed by atoms with Gasteiger partial charge in [0.2, 0.25) is 11.6 Å². The van der Waals surface area contributed by atoms with Gasteiger partial charge < -0.3 is 19.3 Å². The summed E-state index contributed by atoms with van der Waals surface area (Å²) in [6.45, 7) is 0. The molecular formula is C12H10N2O5. The Labute approximate surface area is 108 Å². The number of carbonyl (C=O) groups is 1. The zero-order valence-corrected chi connectivity index (χ0v) is 9.94. The minimum Gasteiger partial charge on any atom is -0.493 e. The average Bonchev–Trinajstić information content (AvgIpc) is 2.41. The highest BCUT2D eigenvalue weighted by atomic mass is 16.7. The van der Waals surface area contributed by atoms with Gasteiger partial charge in [0.1, 0.15) is 0 Å². The third-order valence-electron chi connectivity index (χ3n) is 2.08. The van der Waals surface area contributed by atoms with Crippen molar-refractivity contribution >= 4 is 6.16 Å². The fourth-order valence-corrected chi connectivity index (χ4v) is 1.33. The van der Waals surface area contributed by atoms with Gasteiger partial charge in [0, 0.05) is 24.5 Å². The summed E-state index contributed by atoms with van der Waals surface area (Å²) in [6.07, 6.45) is 1.39. The number of ether oxygens (including phenoxy) is 3. The van der Waals surface area contributed by atoms with Crippen molar-refractivity contribution in [3.63, 3.8) is 0 Å². The molecule has 2 aromatic heterocycles. The zero-order chi connectivity index (χ0) is 13.7. The maximum Gasteiger partial charge on any atom is 0.512 e. The van der Waals surface area contributed by atoms with E-state index in [1.807, 2.05) is 0 Å². The second-order valence-electron chi connectivity index (χ2n) is 3.29. The van der Waals surface area contributed by atoms with Crippen LogP contribution in [0.5, 0.6) is 23.3 Å². The Morgan fingerprint density at radius 3 is 2.68 bits per heavy atom. The van der Waals surface area contributed by atoms with Crippen LogP contribution in [0.3, 0.4) is 0 Å². The van der Waals surface area contributed by atoms with E-state index < -0.39 is 6.16 Å². The van der Waals surface area contributed by atoms with Gasteiger partial charge in [0.15, 0.2) is 5.75 Å². The molecule has 7 heteroatoms. The van der Waals surface area contributed by atoms with Gasteiger partial charge in [0.05, 0.1) is 7.11 Å². The standard InChI is InChI=1S/C12H10N2O5/c1-17-8-5-7-14-11(19-12(15)16)10(8)18-9-4-2-3-6-13-9/h2-7H,1H3,(H,15,16). The molecule has 1 N–H and O–H groups in total. The Morgan fingerprint density at radius 1 is 1.21 bits per heavy atom. The maximum atomic E-state index is 10.6. The molecule has 0 unspecified atom stereocenters. The van der Waals surface area contributed by atoms with Gasteiger partial charge in [0.25, 0.3) is 5.88 Å². The molecule has 0 aliphatic heterocycles. The van der Waals surface area contributed by atoms with Gasteiger partial charge in [-0.25, -0.2) is 14.8 Å². The molecule has 7 nitrogen and oxygen atoms in total. The van der Waals surface area contributed by atoms with E-state index in [1.165, 1.54) is 25.6 Å². The zero-order valence-electron chi connectivity index (χ0n) is 9.94. The number of rotatable bonds is 4. The van der Waals surface area contributed by atoms with Crippen LogP contribution in [0.4, 0.5) is 4.79 Å². The minimum atomic E-state index is -1.49. The van der Waals surface area contributed by atoms with Crippen molar-refractivity contribution in [1.29, 1.82) is 0 Å². The predicted octanol–water partition coefficient (Wildman–Crippen LogP) is 2.33. The van der Waals surface area contributed by atoms with Gasteiger partial charge in [-0.15, -0.1) is 0 Å². The monoisotopic (exact) mass is 262 g/mol. The summed E-state index contributed by atoms with van der Waals surface area (Å²) in [7, 11) is 1.42. The molecule has 2 aromatic rings. The molecular weight excluding hydrogens is 252 g/mol. The van der Waals surface area contributed by atoms with Gasteiger partial charge in [-0.05, 0) is 6.07 Å². The molecule has 0 fully saturated rings. The Hall–Kier alpha value is -2.83. The lowest BCUT2D eigenvalue weighted by atomic mass is 10.4. The summed E-state index contributed by atoms with van der Waals surface area (Å²) in [4.78, 5) is 18.3. The fraction of sp³-hybridized carbons (Fsp3) is 0.0833. The molecule has 2 rings (SSSR count). The van der Waals surface area contributed by atoms with E-state index in [9.17, 15) is 4.79 Å². The van der Waals surface area contributed by atoms with E-state index >= 15 is 0 Å². The van der Waals surface area contributed by atoms with Crippen molar-refractivity contribution in [1.82, 2.24) is 9.97 Å². The molecule has 0 atom stereocenters. The van der Waals surface area contributed by atoms with E-state index in [4.69, 9.17) is 14.6 Å². The summed E-state index contributed by atoms with van der Waals surface area (Å²) >= 11 is 0. The van der Waals surface area contributed by atoms with E-state index in [2.05, 4.69) is 14.7 Å². The first kappa shape index (κ1) is 12.6. The molecule has 19 heavy (non-hydrogen) atoms. The highest BCUT2D eigenvalue weighted by Crippen LogP contribution is 2.37. The van der Waals surface area contributed by atoms with Gasteiger partial charge >= 0.3 is 6.16 Å². The van der Waals surface area contributed by atoms with Crippen LogP contribution in [0.15, 0.2) is 36.7 Å². The van der Waals surface area contributed by atoms with Crippen molar-refractivity contribution in [3.8, 4) is 23.3 Å². The first-order chi connectivity index (χ1) is 9.20. The van der Waals surface area contributed by atoms with Crippen LogP contribution in [-0.4, -0.2) is 28.3 Å². The van der Waals surface area contributed by atoms with Crippen LogP contribution >= 0.6 is 0 Å². The van der Waals surface area contributed by atoms with Crippen LogP contribution in [0, 0.1) is 0 Å². The molecule has 0 aliphatic carbocycles. The van der Waals surface area contributed by atoms with Crippen molar-refractivity contribution in [2.75, 3.05) is 7.11 Å². The van der Waals surface area contributed by atoms with Crippen LogP contribution in [0.1, 0.15) is 0 Å². The van der Waals surface area contributed by atoms with E-state index in [0.717, 1.165) is 0 Å². The Morgan fingerprint density at radius 2 is 2.05 bits per heavy atom. The number of carboxylic acid groups (broad SMARTS) is 1. The van der Waals surface area contributed by atoms with Crippen LogP contribution in [-0.2, 0) is 0 Å². The number of hydrogen-bond donors (Lipinski definition) is 1. The lowest BCUT2D eigenvalue weighted by Crippen LogP contribution is -2.06. The van der Waals surface area contributed by atoms with Crippen LogP contribution < -0.4 is 14.2 Å². The minimum absolute atomic E-state index is 0.0473. The molecule has 0 amide bonds. The van der Waals surface area contributed by atoms with E-state index in [1.54, 1.807) is 18.2 Å². The second-order valence-corrected chi connectivity index (χ2v) is 3.29. The molecule has 0 radical (unpaired) electrons. The van der Waals surface area contributed by atoms with Crippen molar-refractivity contribution in [2.45, 2.75) is 0 Å². The Balaban J connectivity index is 2.38. The summed E-state index contributed by atoms with van der Waals surface area (Å²) in [5.41, 5.74) is 0. The average molecular weight is 262 g/mol. The number of hydrogen-bond acceptors (Lipinski definition) is 6. The van der Waals surface area contributed by atoms with Crippen LogP contribution in [0.25, 0.3) is 0 Å². The number of pyridine rings is 2. The lowest BCUT2D eigenvalue weighted by molar-refractivity contribution is 0.140. The number of nitrogens with zero attached hydrogens (tertiary/aromatic N) is 2. The first-order valence-electron chi connectivity index (χ1n) is 5.23. The van der Waals surface area contributed by atoms with E-state index in [0.29, 0.717) is 0 Å². The Kier molecular flexibility index (Phi) is 3.77. The number of aromatic nitrogens is 2. The Bertz CT molecular complexity index is 574. The van der Waals surface area contributed by atoms with Crippen LogP contribution in [0.2, 0.25) is 0 Å². The third-order valence-corrected chi connectivity index (χ3v) is 2.08. The smallest absolute Gasteiger partial charge is 0.493 e. The summed E-state index contributed by atoms with van der Waals surface area (Å²) in [5.74, 6) is 0.393. The molecule has 98 valence electrons.